The minimum atomic E-state index is -5.06. The van der Waals surface area contributed by atoms with E-state index < -0.39 is 40.7 Å². The lowest BCUT2D eigenvalue weighted by Crippen LogP contribution is -2.38. The van der Waals surface area contributed by atoms with Gasteiger partial charge < -0.3 is 5.32 Å². The van der Waals surface area contributed by atoms with Gasteiger partial charge in [0.25, 0.3) is 0 Å². The Morgan fingerprint density at radius 3 is 2.38 bits per heavy atom. The molecule has 1 aromatic heterocycles. The SMILES string of the molecule is CC(CNC(=O)C(F)(F)F)c1c([N+](=O)[O-])c(=O)n(-c2ccccc2)n1C. The second kappa shape index (κ2) is 7.02. The van der Waals surface area contributed by atoms with Crippen LogP contribution >= 0.6 is 0 Å². The third kappa shape index (κ3) is 3.60. The molecule has 0 aliphatic carbocycles. The van der Waals surface area contributed by atoms with Crippen molar-refractivity contribution >= 4 is 11.6 Å². The van der Waals surface area contributed by atoms with Crippen LogP contribution in [0.2, 0.25) is 0 Å². The number of benzene rings is 1. The average molecular weight is 372 g/mol. The Bertz CT molecular complexity index is 887. The number of nitro groups is 1. The van der Waals surface area contributed by atoms with Crippen molar-refractivity contribution in [1.29, 1.82) is 0 Å². The molecular formula is C15H15F3N4O4. The summed E-state index contributed by atoms with van der Waals surface area (Å²) in [4.78, 5) is 33.9. The molecule has 1 aromatic carbocycles. The van der Waals surface area contributed by atoms with Crippen LogP contribution in [0.3, 0.4) is 0 Å². The van der Waals surface area contributed by atoms with Gasteiger partial charge in [0, 0.05) is 19.5 Å². The van der Waals surface area contributed by atoms with Gasteiger partial charge in [-0.25, -0.2) is 4.68 Å². The van der Waals surface area contributed by atoms with E-state index in [9.17, 15) is 32.9 Å². The normalized spacial score (nSPS) is 12.7. The van der Waals surface area contributed by atoms with Crippen LogP contribution in [0, 0.1) is 10.1 Å². The van der Waals surface area contributed by atoms with Gasteiger partial charge in [-0.05, 0) is 12.1 Å². The second-order valence-electron chi connectivity index (χ2n) is 5.58. The lowest BCUT2D eigenvalue weighted by atomic mass is 10.1. The number of halogens is 3. The van der Waals surface area contributed by atoms with E-state index in [-0.39, 0.29) is 5.69 Å². The standard InChI is InChI=1S/C15H15F3N4O4/c1-9(8-19-14(24)15(16,17)18)11-12(22(25)26)13(23)21(20(11)2)10-6-4-3-5-7-10/h3-7,9H,8H2,1-2H3,(H,19,24). The van der Waals surface area contributed by atoms with Gasteiger partial charge >= 0.3 is 23.3 Å². The molecule has 26 heavy (non-hydrogen) atoms. The van der Waals surface area contributed by atoms with Crippen LogP contribution in [0.1, 0.15) is 18.5 Å². The molecule has 0 saturated heterocycles. The summed E-state index contributed by atoms with van der Waals surface area (Å²) in [6.07, 6.45) is -5.06. The molecule has 0 aliphatic heterocycles. The molecule has 1 heterocycles. The highest BCUT2D eigenvalue weighted by molar-refractivity contribution is 5.81. The number of hydrogen-bond donors (Lipinski definition) is 1. The number of hydrogen-bond acceptors (Lipinski definition) is 4. The van der Waals surface area contributed by atoms with E-state index >= 15 is 0 Å². The molecule has 1 N–H and O–H groups in total. The monoisotopic (exact) mass is 372 g/mol. The number of aromatic nitrogens is 2. The van der Waals surface area contributed by atoms with Crippen LogP contribution in [-0.2, 0) is 11.8 Å². The summed E-state index contributed by atoms with van der Waals surface area (Å²) in [6.45, 7) is 0.860. The molecule has 140 valence electrons. The first-order valence-corrected chi connectivity index (χ1v) is 7.42. The first kappa shape index (κ1) is 19.2. The molecule has 0 fully saturated rings. The second-order valence-corrected chi connectivity index (χ2v) is 5.58. The molecule has 8 nitrogen and oxygen atoms in total. The molecule has 0 radical (unpaired) electrons. The summed E-state index contributed by atoms with van der Waals surface area (Å²) < 4.78 is 39.2. The van der Waals surface area contributed by atoms with Crippen molar-refractivity contribution in [2.24, 2.45) is 7.05 Å². The van der Waals surface area contributed by atoms with Gasteiger partial charge in [0.05, 0.1) is 10.6 Å². The molecule has 11 heteroatoms. The summed E-state index contributed by atoms with van der Waals surface area (Å²) in [6, 6.07) is 8.08. The Hall–Kier alpha value is -3.11. The van der Waals surface area contributed by atoms with Gasteiger partial charge in [0.1, 0.15) is 5.69 Å². The fourth-order valence-corrected chi connectivity index (χ4v) is 2.63. The van der Waals surface area contributed by atoms with Crippen molar-refractivity contribution in [2.45, 2.75) is 19.0 Å². The number of alkyl halides is 3. The van der Waals surface area contributed by atoms with Gasteiger partial charge in [-0.2, -0.15) is 13.2 Å². The van der Waals surface area contributed by atoms with Crippen molar-refractivity contribution in [2.75, 3.05) is 6.54 Å². The summed E-state index contributed by atoms with van der Waals surface area (Å²) >= 11 is 0. The van der Waals surface area contributed by atoms with Crippen LogP contribution in [0.25, 0.3) is 5.69 Å². The highest BCUT2D eigenvalue weighted by Crippen LogP contribution is 2.25. The zero-order valence-corrected chi connectivity index (χ0v) is 13.8. The molecule has 0 aliphatic rings. The zero-order chi connectivity index (χ0) is 19.6. The van der Waals surface area contributed by atoms with E-state index in [1.165, 1.54) is 18.7 Å². The van der Waals surface area contributed by atoms with Gasteiger partial charge in [0.15, 0.2) is 0 Å². The van der Waals surface area contributed by atoms with Crippen LogP contribution in [0.15, 0.2) is 35.1 Å². The highest BCUT2D eigenvalue weighted by atomic mass is 19.4. The Morgan fingerprint density at radius 2 is 1.88 bits per heavy atom. The van der Waals surface area contributed by atoms with Gasteiger partial charge in [-0.15, -0.1) is 0 Å². The topological polar surface area (TPSA) is 99.2 Å². The predicted octanol–water partition coefficient (Wildman–Crippen LogP) is 1.87. The number of amides is 1. The zero-order valence-electron chi connectivity index (χ0n) is 13.8. The molecule has 1 atom stereocenters. The fourth-order valence-electron chi connectivity index (χ4n) is 2.63. The molecular weight excluding hydrogens is 357 g/mol. The molecule has 0 bridgehead atoms. The lowest BCUT2D eigenvalue weighted by molar-refractivity contribution is -0.387. The van der Waals surface area contributed by atoms with Gasteiger partial charge in [0.2, 0.25) is 0 Å². The quantitative estimate of drug-likeness (QED) is 0.640. The van der Waals surface area contributed by atoms with Crippen LogP contribution in [-0.4, -0.2) is 32.9 Å². The number of para-hydroxylation sites is 1. The van der Waals surface area contributed by atoms with E-state index in [1.54, 1.807) is 35.6 Å². The van der Waals surface area contributed by atoms with E-state index in [2.05, 4.69) is 0 Å². The van der Waals surface area contributed by atoms with Crippen molar-refractivity contribution in [3.05, 3.63) is 56.5 Å². The largest absolute Gasteiger partial charge is 0.471 e. The first-order chi connectivity index (χ1) is 12.1. The minimum Gasteiger partial charge on any atom is -0.348 e. The van der Waals surface area contributed by atoms with Gasteiger partial charge in [-0.1, -0.05) is 25.1 Å². The fraction of sp³-hybridized carbons (Fsp3) is 0.333. The third-order valence-electron chi connectivity index (χ3n) is 3.76. The molecule has 2 aromatic rings. The van der Waals surface area contributed by atoms with Crippen molar-refractivity contribution in [3.63, 3.8) is 0 Å². The molecule has 0 saturated carbocycles. The van der Waals surface area contributed by atoms with Crippen molar-refractivity contribution < 1.29 is 22.9 Å². The number of rotatable bonds is 5. The Labute approximate surface area is 145 Å². The number of carbonyl (C=O) groups excluding carboxylic acids is 1. The molecule has 1 amide bonds. The van der Waals surface area contributed by atoms with E-state index in [0.29, 0.717) is 5.69 Å². The predicted molar refractivity (Wildman–Crippen MR) is 85.1 cm³/mol. The van der Waals surface area contributed by atoms with Gasteiger partial charge in [-0.3, -0.25) is 24.4 Å². The summed E-state index contributed by atoms with van der Waals surface area (Å²) in [7, 11) is 1.39. The number of nitrogens with one attached hydrogen (secondary N) is 1. The lowest BCUT2D eigenvalue weighted by Gasteiger charge is -2.15. The van der Waals surface area contributed by atoms with Crippen LogP contribution in [0.4, 0.5) is 18.9 Å². The van der Waals surface area contributed by atoms with Crippen LogP contribution < -0.4 is 10.9 Å². The third-order valence-corrected chi connectivity index (χ3v) is 3.76. The van der Waals surface area contributed by atoms with E-state index in [0.717, 1.165) is 4.68 Å². The number of nitrogens with zero attached hydrogens (tertiary/aromatic N) is 3. The summed E-state index contributed by atoms with van der Waals surface area (Å²) in [5, 5.41) is 13.0. The molecule has 1 unspecified atom stereocenters. The Balaban J connectivity index is 2.47. The van der Waals surface area contributed by atoms with E-state index in [1.807, 2.05) is 0 Å². The number of carbonyl (C=O) groups is 1. The first-order valence-electron chi connectivity index (χ1n) is 7.42. The average Bonchev–Trinajstić information content (AvgIpc) is 2.83. The maximum atomic E-state index is 12.5. The minimum absolute atomic E-state index is 0.0914. The van der Waals surface area contributed by atoms with Crippen molar-refractivity contribution in [3.8, 4) is 5.69 Å². The molecule has 0 spiro atoms. The maximum absolute atomic E-state index is 12.5. The Morgan fingerprint density at radius 1 is 1.31 bits per heavy atom. The van der Waals surface area contributed by atoms with Crippen LogP contribution in [0.5, 0.6) is 0 Å². The maximum Gasteiger partial charge on any atom is 0.471 e. The smallest absolute Gasteiger partial charge is 0.348 e. The summed E-state index contributed by atoms with van der Waals surface area (Å²) in [5.41, 5.74) is -1.38. The highest BCUT2D eigenvalue weighted by Gasteiger charge is 2.39. The Kier molecular flexibility index (Phi) is 5.19. The van der Waals surface area contributed by atoms with Crippen molar-refractivity contribution in [1.82, 2.24) is 14.7 Å². The summed E-state index contributed by atoms with van der Waals surface area (Å²) in [5.74, 6) is -3.07. The van der Waals surface area contributed by atoms with E-state index in [4.69, 9.17) is 0 Å². The molecule has 2 rings (SSSR count).